The van der Waals surface area contributed by atoms with Gasteiger partial charge in [0.15, 0.2) is 8.32 Å². The molecule has 3 aliphatic heterocycles. The lowest BCUT2D eigenvalue weighted by Crippen LogP contribution is -2.57. The van der Waals surface area contributed by atoms with Crippen molar-refractivity contribution in [2.24, 2.45) is 11.8 Å². The number of hydrogen-bond acceptors (Lipinski definition) is 4. The second kappa shape index (κ2) is 8.34. The standard InChI is InChI=1S/C26H38N2O2Si/c1-8-18-17-28-14-12-19(18)15-24(28)25(30-31(6,7)26(2,3)4)21-11-13-27-23-10-9-20(29-5)16-22(21)23/h8-11,13,16,18-19,24-25H,1,12,14-15,17H2,2-7H3/t18-,19-,24-,25+/m0/s1. The van der Waals surface area contributed by atoms with Gasteiger partial charge in [-0.3, -0.25) is 9.88 Å². The molecule has 0 N–H and O–H groups in total. The molecule has 4 heterocycles. The molecule has 0 radical (unpaired) electrons. The number of pyridine rings is 1. The van der Waals surface area contributed by atoms with E-state index < -0.39 is 8.32 Å². The van der Waals surface area contributed by atoms with E-state index in [-0.39, 0.29) is 11.1 Å². The first kappa shape index (κ1) is 22.5. The highest BCUT2D eigenvalue weighted by molar-refractivity contribution is 6.74. The first-order valence-corrected chi connectivity index (χ1v) is 14.5. The van der Waals surface area contributed by atoms with Crippen molar-refractivity contribution in [2.75, 3.05) is 20.2 Å². The van der Waals surface area contributed by atoms with Crippen molar-refractivity contribution in [3.05, 3.63) is 48.7 Å². The van der Waals surface area contributed by atoms with E-state index in [0.717, 1.165) is 29.7 Å². The zero-order valence-corrected chi connectivity index (χ0v) is 21.0. The third-order valence-electron chi connectivity index (χ3n) is 8.02. The fourth-order valence-corrected chi connectivity index (χ4v) is 6.33. The number of ether oxygens (including phenoxy) is 1. The fourth-order valence-electron chi connectivity index (χ4n) is 5.06. The molecule has 2 aromatic rings. The monoisotopic (exact) mass is 438 g/mol. The lowest BCUT2D eigenvalue weighted by atomic mass is 9.73. The molecule has 5 atom stereocenters. The largest absolute Gasteiger partial charge is 0.497 e. The van der Waals surface area contributed by atoms with Gasteiger partial charge in [0.2, 0.25) is 0 Å². The summed E-state index contributed by atoms with van der Waals surface area (Å²) in [7, 11) is -0.271. The Morgan fingerprint density at radius 1 is 1.26 bits per heavy atom. The van der Waals surface area contributed by atoms with Crippen LogP contribution in [0.2, 0.25) is 18.1 Å². The Kier molecular flexibility index (Phi) is 6.05. The van der Waals surface area contributed by atoms with Crippen molar-refractivity contribution in [3.63, 3.8) is 0 Å². The highest BCUT2D eigenvalue weighted by atomic mass is 28.4. The molecule has 0 aliphatic carbocycles. The molecule has 168 valence electrons. The molecule has 31 heavy (non-hydrogen) atoms. The number of rotatable bonds is 6. The molecule has 5 rings (SSSR count). The maximum atomic E-state index is 7.23. The van der Waals surface area contributed by atoms with Gasteiger partial charge in [-0.25, -0.2) is 0 Å². The minimum Gasteiger partial charge on any atom is -0.497 e. The summed E-state index contributed by atoms with van der Waals surface area (Å²) in [4.78, 5) is 7.30. The smallest absolute Gasteiger partial charge is 0.192 e. The number of fused-ring (bicyclic) bond motifs is 4. The van der Waals surface area contributed by atoms with Gasteiger partial charge in [-0.15, -0.1) is 6.58 Å². The van der Waals surface area contributed by atoms with Crippen LogP contribution in [-0.4, -0.2) is 44.4 Å². The first-order chi connectivity index (χ1) is 14.6. The van der Waals surface area contributed by atoms with Crippen LogP contribution in [0.4, 0.5) is 0 Å². The molecule has 0 amide bonds. The van der Waals surface area contributed by atoms with Crippen molar-refractivity contribution in [1.29, 1.82) is 0 Å². The highest BCUT2D eigenvalue weighted by Crippen LogP contribution is 2.47. The van der Waals surface area contributed by atoms with E-state index in [9.17, 15) is 0 Å². The van der Waals surface area contributed by atoms with Gasteiger partial charge >= 0.3 is 0 Å². The molecule has 0 saturated carbocycles. The number of nitrogens with zero attached hydrogens (tertiary/aromatic N) is 2. The SMILES string of the molecule is C=C[C@H]1CN2CC[C@H]1C[C@H]2[C@H](O[Si](C)(C)C(C)(C)C)c1ccnc2ccc(OC)cc12. The lowest BCUT2D eigenvalue weighted by molar-refractivity contribution is -0.0398. The maximum absolute atomic E-state index is 7.23. The molecule has 2 bridgehead atoms. The summed E-state index contributed by atoms with van der Waals surface area (Å²) in [6.45, 7) is 18.1. The summed E-state index contributed by atoms with van der Waals surface area (Å²) in [5, 5.41) is 1.30. The summed E-state index contributed by atoms with van der Waals surface area (Å²) in [5.41, 5.74) is 2.25. The molecule has 5 heteroatoms. The van der Waals surface area contributed by atoms with Gasteiger partial charge in [-0.05, 0) is 79.2 Å². The van der Waals surface area contributed by atoms with Gasteiger partial charge in [-0.1, -0.05) is 26.8 Å². The minimum absolute atomic E-state index is 0.0343. The summed E-state index contributed by atoms with van der Waals surface area (Å²) in [5.74, 6) is 2.18. The van der Waals surface area contributed by atoms with E-state index in [1.54, 1.807) is 7.11 Å². The molecule has 0 spiro atoms. The Morgan fingerprint density at radius 3 is 2.65 bits per heavy atom. The second-order valence-electron chi connectivity index (χ2n) is 10.8. The third-order valence-corrected chi connectivity index (χ3v) is 12.5. The number of hydrogen-bond donors (Lipinski definition) is 0. The van der Waals surface area contributed by atoms with Crippen molar-refractivity contribution in [3.8, 4) is 5.75 Å². The highest BCUT2D eigenvalue weighted by Gasteiger charge is 2.47. The first-order valence-electron chi connectivity index (χ1n) is 11.6. The van der Waals surface area contributed by atoms with E-state index in [4.69, 9.17) is 9.16 Å². The van der Waals surface area contributed by atoms with Crippen LogP contribution in [0.5, 0.6) is 5.75 Å². The fraction of sp³-hybridized carbons (Fsp3) is 0.577. The molecule has 3 aliphatic rings. The van der Waals surface area contributed by atoms with E-state index in [0.29, 0.717) is 17.9 Å². The zero-order valence-electron chi connectivity index (χ0n) is 20.0. The molecule has 1 aromatic carbocycles. The van der Waals surface area contributed by atoms with Gasteiger partial charge in [-0.2, -0.15) is 0 Å². The molecule has 3 fully saturated rings. The van der Waals surface area contributed by atoms with E-state index >= 15 is 0 Å². The van der Waals surface area contributed by atoms with Gasteiger partial charge in [0.1, 0.15) is 5.75 Å². The summed E-state index contributed by atoms with van der Waals surface area (Å²) < 4.78 is 12.8. The van der Waals surface area contributed by atoms with Crippen LogP contribution in [-0.2, 0) is 4.43 Å². The van der Waals surface area contributed by atoms with Gasteiger partial charge < -0.3 is 9.16 Å². The van der Waals surface area contributed by atoms with E-state index in [1.165, 1.54) is 18.4 Å². The number of aromatic nitrogens is 1. The Bertz CT molecular complexity index is 952. The average molecular weight is 439 g/mol. The number of piperidine rings is 3. The quantitative estimate of drug-likeness (QED) is 0.397. The van der Waals surface area contributed by atoms with Crippen molar-refractivity contribution >= 4 is 19.2 Å². The Labute approximate surface area is 188 Å². The van der Waals surface area contributed by atoms with Crippen LogP contribution in [0.15, 0.2) is 43.1 Å². The van der Waals surface area contributed by atoms with Gasteiger partial charge in [0.25, 0.3) is 0 Å². The van der Waals surface area contributed by atoms with Crippen LogP contribution >= 0.6 is 0 Å². The average Bonchev–Trinajstić information content (AvgIpc) is 2.76. The topological polar surface area (TPSA) is 34.6 Å². The number of benzene rings is 1. The summed E-state index contributed by atoms with van der Waals surface area (Å²) in [6.07, 6.45) is 6.58. The maximum Gasteiger partial charge on any atom is 0.192 e. The minimum atomic E-state index is -2.00. The molecular weight excluding hydrogens is 400 g/mol. The molecule has 3 saturated heterocycles. The van der Waals surface area contributed by atoms with Gasteiger partial charge in [0.05, 0.1) is 18.7 Å². The van der Waals surface area contributed by atoms with Crippen LogP contribution in [0.3, 0.4) is 0 Å². The van der Waals surface area contributed by atoms with Gasteiger partial charge in [0, 0.05) is 24.2 Å². The van der Waals surface area contributed by atoms with E-state index in [1.807, 2.05) is 12.3 Å². The zero-order chi connectivity index (χ0) is 22.4. The number of methoxy groups -OCH3 is 1. The lowest BCUT2D eigenvalue weighted by Gasteiger charge is -2.53. The van der Waals surface area contributed by atoms with Crippen molar-refractivity contribution in [2.45, 2.75) is 63.9 Å². The Hall–Kier alpha value is -1.69. The third kappa shape index (κ3) is 4.20. The molecular formula is C26H38N2O2Si. The van der Waals surface area contributed by atoms with Crippen LogP contribution in [0, 0.1) is 11.8 Å². The molecule has 4 nitrogen and oxygen atoms in total. The Morgan fingerprint density at radius 2 is 2.03 bits per heavy atom. The summed E-state index contributed by atoms with van der Waals surface area (Å²) in [6, 6.07) is 8.74. The van der Waals surface area contributed by atoms with Crippen molar-refractivity contribution in [1.82, 2.24) is 9.88 Å². The summed E-state index contributed by atoms with van der Waals surface area (Å²) >= 11 is 0. The molecule has 1 unspecified atom stereocenters. The van der Waals surface area contributed by atoms with Crippen LogP contribution < -0.4 is 4.74 Å². The predicted molar refractivity (Wildman–Crippen MR) is 131 cm³/mol. The Balaban J connectivity index is 1.81. The normalized spacial score (nSPS) is 27.3. The van der Waals surface area contributed by atoms with E-state index in [2.05, 4.69) is 74.6 Å². The second-order valence-corrected chi connectivity index (χ2v) is 15.6. The van der Waals surface area contributed by atoms with Crippen LogP contribution in [0.25, 0.3) is 10.9 Å². The predicted octanol–water partition coefficient (Wildman–Crippen LogP) is 6.20. The van der Waals surface area contributed by atoms with Crippen LogP contribution in [0.1, 0.15) is 45.3 Å². The molecule has 1 aromatic heterocycles. The van der Waals surface area contributed by atoms with Crippen molar-refractivity contribution < 1.29 is 9.16 Å².